The number of alkyl halides is 3. The van der Waals surface area contributed by atoms with Crippen molar-refractivity contribution in [3.8, 4) is 0 Å². The van der Waals surface area contributed by atoms with Crippen molar-refractivity contribution >= 4 is 11.6 Å². The smallest absolute Gasteiger partial charge is 0.383 e. The van der Waals surface area contributed by atoms with E-state index in [0.717, 1.165) is 12.1 Å². The average Bonchev–Trinajstić information content (AvgIpc) is 2.66. The molecule has 1 aromatic carbocycles. The SMILES string of the molecule is CCc1c(C)nc2n(c1=O)CN(CCOC)CN2c1cccc(C(F)(F)F)c1. The molecule has 0 atom stereocenters. The van der Waals surface area contributed by atoms with E-state index in [1.54, 1.807) is 25.0 Å². The van der Waals surface area contributed by atoms with Gasteiger partial charge in [-0.3, -0.25) is 19.2 Å². The van der Waals surface area contributed by atoms with Crippen LogP contribution in [-0.4, -0.2) is 41.4 Å². The van der Waals surface area contributed by atoms with E-state index in [1.807, 2.05) is 11.8 Å². The molecule has 0 amide bonds. The van der Waals surface area contributed by atoms with Gasteiger partial charge in [-0.2, -0.15) is 13.2 Å². The van der Waals surface area contributed by atoms with Gasteiger partial charge in [-0.1, -0.05) is 13.0 Å². The molecule has 2 heterocycles. The number of aryl methyl sites for hydroxylation is 1. The molecule has 0 bridgehead atoms. The molecule has 28 heavy (non-hydrogen) atoms. The maximum Gasteiger partial charge on any atom is 0.416 e. The summed E-state index contributed by atoms with van der Waals surface area (Å²) in [6.07, 6.45) is -3.91. The number of hydrogen-bond acceptors (Lipinski definition) is 5. The topological polar surface area (TPSA) is 50.6 Å². The number of fused-ring (bicyclic) bond motifs is 1. The fourth-order valence-electron chi connectivity index (χ4n) is 3.34. The Kier molecular flexibility index (Phi) is 5.76. The normalized spacial score (nSPS) is 15.0. The summed E-state index contributed by atoms with van der Waals surface area (Å²) in [7, 11) is 1.58. The van der Waals surface area contributed by atoms with E-state index in [1.165, 1.54) is 10.6 Å². The Morgan fingerprint density at radius 2 is 2.00 bits per heavy atom. The maximum absolute atomic E-state index is 13.2. The van der Waals surface area contributed by atoms with E-state index in [0.29, 0.717) is 55.8 Å². The van der Waals surface area contributed by atoms with Crippen LogP contribution in [0.25, 0.3) is 0 Å². The first-order valence-corrected chi connectivity index (χ1v) is 9.02. The molecule has 0 saturated carbocycles. The summed E-state index contributed by atoms with van der Waals surface area (Å²) < 4.78 is 46.2. The van der Waals surface area contributed by atoms with Gasteiger partial charge in [-0.25, -0.2) is 4.98 Å². The molecule has 0 aliphatic carbocycles. The molecular formula is C19H23F3N4O2. The van der Waals surface area contributed by atoms with Crippen LogP contribution in [0.15, 0.2) is 29.1 Å². The number of methoxy groups -OCH3 is 1. The highest BCUT2D eigenvalue weighted by Crippen LogP contribution is 2.34. The van der Waals surface area contributed by atoms with Crippen LogP contribution in [0.1, 0.15) is 23.7 Å². The summed E-state index contributed by atoms with van der Waals surface area (Å²) in [5, 5.41) is 0. The van der Waals surface area contributed by atoms with Gasteiger partial charge in [0.2, 0.25) is 5.95 Å². The molecule has 2 aromatic rings. The monoisotopic (exact) mass is 396 g/mol. The van der Waals surface area contributed by atoms with Crippen molar-refractivity contribution in [3.63, 3.8) is 0 Å². The predicted molar refractivity (Wildman–Crippen MR) is 99.6 cm³/mol. The van der Waals surface area contributed by atoms with Crippen LogP contribution in [0.5, 0.6) is 0 Å². The standard InChI is InChI=1S/C19H23F3N4O2/c1-4-16-13(2)23-18-25(15-7-5-6-14(10-15)19(20,21)22)11-24(8-9-28-3)12-26(18)17(16)27/h5-7,10H,4,8-9,11-12H2,1-3H3. The van der Waals surface area contributed by atoms with Gasteiger partial charge in [0.15, 0.2) is 0 Å². The van der Waals surface area contributed by atoms with Gasteiger partial charge in [0, 0.05) is 30.6 Å². The lowest BCUT2D eigenvalue weighted by Crippen LogP contribution is -2.48. The highest BCUT2D eigenvalue weighted by Gasteiger charge is 2.32. The lowest BCUT2D eigenvalue weighted by atomic mass is 10.1. The van der Waals surface area contributed by atoms with Crippen LogP contribution in [0.4, 0.5) is 24.8 Å². The third-order valence-corrected chi connectivity index (χ3v) is 4.82. The van der Waals surface area contributed by atoms with Crippen LogP contribution < -0.4 is 10.5 Å². The van der Waals surface area contributed by atoms with Crippen molar-refractivity contribution in [1.29, 1.82) is 0 Å². The van der Waals surface area contributed by atoms with Crippen molar-refractivity contribution in [3.05, 3.63) is 51.4 Å². The number of benzene rings is 1. The first-order valence-electron chi connectivity index (χ1n) is 9.02. The zero-order chi connectivity index (χ0) is 20.5. The number of hydrogen-bond donors (Lipinski definition) is 0. The molecule has 0 N–H and O–H groups in total. The van der Waals surface area contributed by atoms with Gasteiger partial charge in [0.1, 0.15) is 0 Å². The van der Waals surface area contributed by atoms with E-state index >= 15 is 0 Å². The molecule has 1 aromatic heterocycles. The lowest BCUT2D eigenvalue weighted by molar-refractivity contribution is -0.137. The molecule has 152 valence electrons. The van der Waals surface area contributed by atoms with Gasteiger partial charge < -0.3 is 4.74 Å². The number of nitrogens with zero attached hydrogens (tertiary/aromatic N) is 4. The first-order chi connectivity index (χ1) is 13.3. The summed E-state index contributed by atoms with van der Waals surface area (Å²) in [4.78, 5) is 21.1. The minimum absolute atomic E-state index is 0.163. The van der Waals surface area contributed by atoms with Crippen LogP contribution in [0, 0.1) is 6.92 Å². The summed E-state index contributed by atoms with van der Waals surface area (Å²) in [5.41, 5.74) is 0.641. The third kappa shape index (κ3) is 3.90. The van der Waals surface area contributed by atoms with Gasteiger partial charge in [-0.15, -0.1) is 0 Å². The molecule has 1 aliphatic rings. The van der Waals surface area contributed by atoms with Crippen molar-refractivity contribution in [2.75, 3.05) is 31.8 Å². The Balaban J connectivity index is 2.12. The molecule has 6 nitrogen and oxygen atoms in total. The van der Waals surface area contributed by atoms with E-state index in [2.05, 4.69) is 4.98 Å². The summed E-state index contributed by atoms with van der Waals surface area (Å²) in [6.45, 7) is 5.24. The summed E-state index contributed by atoms with van der Waals surface area (Å²) >= 11 is 0. The van der Waals surface area contributed by atoms with Crippen molar-refractivity contribution in [2.45, 2.75) is 33.1 Å². The summed E-state index contributed by atoms with van der Waals surface area (Å²) in [5.74, 6) is 0.354. The second-order valence-electron chi connectivity index (χ2n) is 6.71. The minimum Gasteiger partial charge on any atom is -0.383 e. The quantitative estimate of drug-likeness (QED) is 0.777. The lowest BCUT2D eigenvalue weighted by Gasteiger charge is -2.38. The van der Waals surface area contributed by atoms with E-state index in [-0.39, 0.29) is 5.56 Å². The molecule has 0 saturated heterocycles. The Morgan fingerprint density at radius 3 is 2.64 bits per heavy atom. The molecule has 9 heteroatoms. The van der Waals surface area contributed by atoms with Gasteiger partial charge in [0.05, 0.1) is 25.5 Å². The summed E-state index contributed by atoms with van der Waals surface area (Å²) in [6, 6.07) is 5.07. The number of rotatable bonds is 5. The molecule has 0 radical (unpaired) electrons. The Bertz CT molecular complexity index is 911. The van der Waals surface area contributed by atoms with Crippen molar-refractivity contribution in [2.24, 2.45) is 0 Å². The van der Waals surface area contributed by atoms with Gasteiger partial charge >= 0.3 is 6.18 Å². The Labute approximate surface area is 161 Å². The molecule has 0 fully saturated rings. The van der Waals surface area contributed by atoms with Gasteiger partial charge in [0.25, 0.3) is 5.56 Å². The molecule has 0 unspecified atom stereocenters. The highest BCUT2D eigenvalue weighted by atomic mass is 19.4. The minimum atomic E-state index is -4.45. The number of halogens is 3. The average molecular weight is 396 g/mol. The number of ether oxygens (including phenoxy) is 1. The third-order valence-electron chi connectivity index (χ3n) is 4.82. The van der Waals surface area contributed by atoms with Crippen LogP contribution in [0.3, 0.4) is 0 Å². The fraction of sp³-hybridized carbons (Fsp3) is 0.474. The number of anilines is 2. The Hall–Kier alpha value is -2.39. The molecule has 0 spiro atoms. The molecule has 3 rings (SSSR count). The second-order valence-corrected chi connectivity index (χ2v) is 6.71. The largest absolute Gasteiger partial charge is 0.416 e. The maximum atomic E-state index is 13.2. The zero-order valence-electron chi connectivity index (χ0n) is 16.1. The zero-order valence-corrected chi connectivity index (χ0v) is 16.1. The fourth-order valence-corrected chi connectivity index (χ4v) is 3.34. The highest BCUT2D eigenvalue weighted by molar-refractivity contribution is 5.59. The van der Waals surface area contributed by atoms with Crippen LogP contribution in [-0.2, 0) is 24.0 Å². The number of aromatic nitrogens is 2. The van der Waals surface area contributed by atoms with E-state index < -0.39 is 11.7 Å². The van der Waals surface area contributed by atoms with Crippen molar-refractivity contribution in [1.82, 2.24) is 14.5 Å². The second kappa shape index (κ2) is 7.92. The first kappa shape index (κ1) is 20.3. The Morgan fingerprint density at radius 1 is 1.25 bits per heavy atom. The molecular weight excluding hydrogens is 373 g/mol. The van der Waals surface area contributed by atoms with Crippen LogP contribution >= 0.6 is 0 Å². The molecule has 1 aliphatic heterocycles. The predicted octanol–water partition coefficient (Wildman–Crippen LogP) is 3.15. The van der Waals surface area contributed by atoms with E-state index in [9.17, 15) is 18.0 Å². The van der Waals surface area contributed by atoms with Crippen LogP contribution in [0.2, 0.25) is 0 Å². The van der Waals surface area contributed by atoms with Crippen molar-refractivity contribution < 1.29 is 17.9 Å². The van der Waals surface area contributed by atoms with Gasteiger partial charge in [-0.05, 0) is 31.5 Å². The van der Waals surface area contributed by atoms with E-state index in [4.69, 9.17) is 4.74 Å².